The number of nitro benzene ring substituents is 1. The Morgan fingerprint density at radius 2 is 2.05 bits per heavy atom. The molecular formula is C13H9ClFNO3. The molecule has 0 unspecified atom stereocenters. The normalized spacial score (nSPS) is 10.2. The van der Waals surface area contributed by atoms with Crippen molar-refractivity contribution in [1.29, 1.82) is 0 Å². The van der Waals surface area contributed by atoms with Gasteiger partial charge in [-0.1, -0.05) is 23.7 Å². The average Bonchev–Trinajstić information content (AvgIpc) is 2.37. The van der Waals surface area contributed by atoms with Crippen LogP contribution < -0.4 is 4.74 Å². The topological polar surface area (TPSA) is 52.4 Å². The summed E-state index contributed by atoms with van der Waals surface area (Å²) in [6.07, 6.45) is 0. The molecule has 0 bridgehead atoms. The van der Waals surface area contributed by atoms with E-state index in [4.69, 9.17) is 16.3 Å². The lowest BCUT2D eigenvalue weighted by Gasteiger charge is -2.07. The summed E-state index contributed by atoms with van der Waals surface area (Å²) in [5.41, 5.74) is 0.369. The second-order valence-corrected chi connectivity index (χ2v) is 4.22. The number of halogens is 2. The van der Waals surface area contributed by atoms with E-state index < -0.39 is 4.92 Å². The van der Waals surface area contributed by atoms with Crippen molar-refractivity contribution in [2.24, 2.45) is 0 Å². The number of hydrogen-bond donors (Lipinski definition) is 0. The van der Waals surface area contributed by atoms with Crippen molar-refractivity contribution >= 4 is 17.3 Å². The zero-order valence-electron chi connectivity index (χ0n) is 9.68. The van der Waals surface area contributed by atoms with E-state index in [0.29, 0.717) is 5.56 Å². The Morgan fingerprint density at radius 1 is 1.26 bits per heavy atom. The Balaban J connectivity index is 2.17. The fourth-order valence-corrected chi connectivity index (χ4v) is 1.71. The molecule has 0 spiro atoms. The van der Waals surface area contributed by atoms with Crippen molar-refractivity contribution in [3.63, 3.8) is 0 Å². The largest absolute Gasteiger partial charge is 0.482 e. The van der Waals surface area contributed by atoms with Crippen LogP contribution in [0.15, 0.2) is 42.5 Å². The highest BCUT2D eigenvalue weighted by atomic mass is 35.5. The molecule has 2 aromatic carbocycles. The Bertz CT molecular complexity index is 619. The van der Waals surface area contributed by atoms with Gasteiger partial charge in [-0.05, 0) is 29.8 Å². The maximum Gasteiger partial charge on any atom is 0.312 e. The molecule has 0 atom stereocenters. The average molecular weight is 282 g/mol. The predicted octanol–water partition coefficient (Wildman–Crippen LogP) is 3.97. The standard InChI is InChI=1S/C13H9ClFNO3/c14-10-4-5-13(12(7-10)16(17)18)19-8-9-2-1-3-11(15)6-9/h1-7H,8H2. The third kappa shape index (κ3) is 3.42. The van der Waals surface area contributed by atoms with Crippen LogP contribution in [-0.2, 0) is 6.61 Å². The van der Waals surface area contributed by atoms with Crippen LogP contribution in [0.4, 0.5) is 10.1 Å². The summed E-state index contributed by atoms with van der Waals surface area (Å²) in [6.45, 7) is 0.0419. The Hall–Kier alpha value is -2.14. The molecule has 0 N–H and O–H groups in total. The van der Waals surface area contributed by atoms with E-state index >= 15 is 0 Å². The van der Waals surface area contributed by atoms with E-state index in [-0.39, 0.29) is 28.9 Å². The Labute approximate surface area is 113 Å². The van der Waals surface area contributed by atoms with Gasteiger partial charge >= 0.3 is 5.69 Å². The van der Waals surface area contributed by atoms with Crippen molar-refractivity contribution in [2.75, 3.05) is 0 Å². The summed E-state index contributed by atoms with van der Waals surface area (Å²) >= 11 is 5.69. The van der Waals surface area contributed by atoms with E-state index in [1.165, 1.54) is 30.3 Å². The van der Waals surface area contributed by atoms with Crippen molar-refractivity contribution in [3.8, 4) is 5.75 Å². The summed E-state index contributed by atoms with van der Waals surface area (Å²) in [4.78, 5) is 10.3. The van der Waals surface area contributed by atoms with Gasteiger partial charge in [0.1, 0.15) is 12.4 Å². The molecule has 0 saturated carbocycles. The first-order valence-corrected chi connectivity index (χ1v) is 5.75. The van der Waals surface area contributed by atoms with Crippen LogP contribution in [0.25, 0.3) is 0 Å². The highest BCUT2D eigenvalue weighted by molar-refractivity contribution is 6.30. The molecule has 19 heavy (non-hydrogen) atoms. The Kier molecular flexibility index (Phi) is 3.97. The molecule has 0 saturated heterocycles. The molecule has 0 heterocycles. The fraction of sp³-hybridized carbons (Fsp3) is 0.0769. The quantitative estimate of drug-likeness (QED) is 0.629. The lowest BCUT2D eigenvalue weighted by Crippen LogP contribution is -1.99. The van der Waals surface area contributed by atoms with Gasteiger partial charge in [0.05, 0.1) is 4.92 Å². The molecule has 0 aromatic heterocycles. The summed E-state index contributed by atoms with van der Waals surface area (Å²) in [5.74, 6) is -0.287. The van der Waals surface area contributed by atoms with Crippen LogP contribution in [0.1, 0.15) is 5.56 Å². The molecule has 4 nitrogen and oxygen atoms in total. The van der Waals surface area contributed by atoms with Crippen molar-refractivity contribution < 1.29 is 14.1 Å². The first-order valence-electron chi connectivity index (χ1n) is 5.37. The van der Waals surface area contributed by atoms with Gasteiger partial charge in [-0.2, -0.15) is 0 Å². The monoisotopic (exact) mass is 281 g/mol. The van der Waals surface area contributed by atoms with Crippen LogP contribution in [0.5, 0.6) is 5.75 Å². The van der Waals surface area contributed by atoms with E-state index in [1.54, 1.807) is 12.1 Å². The molecule has 0 amide bonds. The van der Waals surface area contributed by atoms with Gasteiger partial charge in [0.25, 0.3) is 0 Å². The van der Waals surface area contributed by atoms with E-state index in [0.717, 1.165) is 0 Å². The number of hydrogen-bond acceptors (Lipinski definition) is 3. The van der Waals surface area contributed by atoms with Crippen molar-refractivity contribution in [1.82, 2.24) is 0 Å². The smallest absolute Gasteiger partial charge is 0.312 e. The van der Waals surface area contributed by atoms with Gasteiger partial charge < -0.3 is 4.74 Å². The number of nitro groups is 1. The highest BCUT2D eigenvalue weighted by Crippen LogP contribution is 2.30. The van der Waals surface area contributed by atoms with E-state index in [1.807, 2.05) is 0 Å². The summed E-state index contributed by atoms with van der Waals surface area (Å²) in [6, 6.07) is 9.96. The zero-order chi connectivity index (χ0) is 13.8. The third-order valence-corrected chi connectivity index (χ3v) is 2.64. The van der Waals surface area contributed by atoms with Crippen LogP contribution in [0.3, 0.4) is 0 Å². The minimum Gasteiger partial charge on any atom is -0.482 e. The zero-order valence-corrected chi connectivity index (χ0v) is 10.4. The first-order chi connectivity index (χ1) is 9.06. The van der Waals surface area contributed by atoms with Crippen LogP contribution in [0, 0.1) is 15.9 Å². The van der Waals surface area contributed by atoms with E-state index in [2.05, 4.69) is 0 Å². The van der Waals surface area contributed by atoms with Crippen molar-refractivity contribution in [2.45, 2.75) is 6.61 Å². The van der Waals surface area contributed by atoms with Gasteiger partial charge in [-0.15, -0.1) is 0 Å². The molecule has 0 aliphatic heterocycles. The minimum absolute atomic E-state index is 0.0419. The second kappa shape index (κ2) is 5.67. The summed E-state index contributed by atoms with van der Waals surface area (Å²) in [5, 5.41) is 11.1. The van der Waals surface area contributed by atoms with Crippen molar-refractivity contribution in [3.05, 3.63) is 69.0 Å². The molecule has 6 heteroatoms. The number of nitrogens with zero attached hydrogens (tertiary/aromatic N) is 1. The number of rotatable bonds is 4. The molecule has 0 aliphatic carbocycles. The lowest BCUT2D eigenvalue weighted by atomic mass is 10.2. The van der Waals surface area contributed by atoms with Gasteiger partial charge in [0.2, 0.25) is 0 Å². The lowest BCUT2D eigenvalue weighted by molar-refractivity contribution is -0.385. The Morgan fingerprint density at radius 3 is 2.74 bits per heavy atom. The number of ether oxygens (including phenoxy) is 1. The number of benzene rings is 2. The van der Waals surface area contributed by atoms with Gasteiger partial charge in [-0.25, -0.2) is 4.39 Å². The highest BCUT2D eigenvalue weighted by Gasteiger charge is 2.15. The molecule has 98 valence electrons. The molecule has 0 aliphatic rings. The molecular weight excluding hydrogens is 273 g/mol. The molecule has 0 radical (unpaired) electrons. The maximum absolute atomic E-state index is 13.0. The van der Waals surface area contributed by atoms with Crippen LogP contribution in [-0.4, -0.2) is 4.92 Å². The van der Waals surface area contributed by atoms with Crippen LogP contribution >= 0.6 is 11.6 Å². The van der Waals surface area contributed by atoms with E-state index in [9.17, 15) is 14.5 Å². The second-order valence-electron chi connectivity index (χ2n) is 3.79. The van der Waals surface area contributed by atoms with Crippen LogP contribution in [0.2, 0.25) is 5.02 Å². The van der Waals surface area contributed by atoms with Gasteiger partial charge in [-0.3, -0.25) is 10.1 Å². The fourth-order valence-electron chi connectivity index (χ4n) is 1.54. The maximum atomic E-state index is 13.0. The molecule has 0 fully saturated rings. The SMILES string of the molecule is O=[N+]([O-])c1cc(Cl)ccc1OCc1cccc(F)c1. The summed E-state index contributed by atoms with van der Waals surface area (Å²) in [7, 11) is 0. The third-order valence-electron chi connectivity index (χ3n) is 2.40. The minimum atomic E-state index is -0.577. The molecule has 2 rings (SSSR count). The first kappa shape index (κ1) is 13.3. The predicted molar refractivity (Wildman–Crippen MR) is 68.8 cm³/mol. The van der Waals surface area contributed by atoms with Gasteiger partial charge in [0, 0.05) is 11.1 Å². The van der Waals surface area contributed by atoms with Gasteiger partial charge in [0.15, 0.2) is 5.75 Å². The summed E-state index contributed by atoms with van der Waals surface area (Å²) < 4.78 is 18.3. The molecule has 2 aromatic rings.